The quantitative estimate of drug-likeness (QED) is 0.837. The molecule has 0 aliphatic heterocycles. The third kappa shape index (κ3) is 2.66. The lowest BCUT2D eigenvalue weighted by Crippen LogP contribution is -2.33. The van der Waals surface area contributed by atoms with Crippen LogP contribution in [0, 0.1) is 17.8 Å². The molecule has 3 atom stereocenters. The molecule has 0 saturated heterocycles. The number of hydrogen-bond acceptors (Lipinski definition) is 2. The fraction of sp³-hybridized carbons (Fsp3) is 0.562. The first kappa shape index (κ1) is 13.0. The largest absolute Gasteiger partial charge is 0.341 e. The standard InChI is InChI=1S/C16H21NOS/c1-17(10-14-8-11-5-6-12(14)7-11)16(18)13-3-2-4-15(19)9-13/h2-4,9,11-12,14,19H,5-8,10H2,1H3. The van der Waals surface area contributed by atoms with Gasteiger partial charge in [0.25, 0.3) is 5.91 Å². The van der Waals surface area contributed by atoms with E-state index < -0.39 is 0 Å². The minimum absolute atomic E-state index is 0.124. The number of nitrogens with zero attached hydrogens (tertiary/aromatic N) is 1. The fourth-order valence-electron chi connectivity index (χ4n) is 3.89. The molecule has 2 aliphatic rings. The Morgan fingerprint density at radius 3 is 2.84 bits per heavy atom. The minimum Gasteiger partial charge on any atom is -0.341 e. The fourth-order valence-corrected chi connectivity index (χ4v) is 4.12. The van der Waals surface area contributed by atoms with Crippen LogP contribution in [0.1, 0.15) is 36.0 Å². The van der Waals surface area contributed by atoms with Crippen LogP contribution in [0.4, 0.5) is 0 Å². The number of carbonyl (C=O) groups excluding carboxylic acids is 1. The van der Waals surface area contributed by atoms with Crippen molar-refractivity contribution < 1.29 is 4.79 Å². The summed E-state index contributed by atoms with van der Waals surface area (Å²) >= 11 is 4.30. The molecule has 0 aromatic heterocycles. The van der Waals surface area contributed by atoms with Crippen LogP contribution in [0.5, 0.6) is 0 Å². The van der Waals surface area contributed by atoms with E-state index in [0.717, 1.165) is 34.8 Å². The average Bonchev–Trinajstić information content (AvgIpc) is 3.00. The summed E-state index contributed by atoms with van der Waals surface area (Å²) < 4.78 is 0. The molecular formula is C16H21NOS. The molecule has 2 fully saturated rings. The number of fused-ring (bicyclic) bond motifs is 2. The van der Waals surface area contributed by atoms with E-state index in [-0.39, 0.29) is 5.91 Å². The van der Waals surface area contributed by atoms with Gasteiger partial charge in [0, 0.05) is 24.1 Å². The zero-order valence-electron chi connectivity index (χ0n) is 11.4. The van der Waals surface area contributed by atoms with Gasteiger partial charge in [-0.15, -0.1) is 12.6 Å². The minimum atomic E-state index is 0.124. The number of thiol groups is 1. The lowest BCUT2D eigenvalue weighted by molar-refractivity contribution is 0.0754. The first-order valence-electron chi connectivity index (χ1n) is 7.18. The van der Waals surface area contributed by atoms with Crippen molar-refractivity contribution in [1.29, 1.82) is 0 Å². The zero-order valence-corrected chi connectivity index (χ0v) is 12.3. The van der Waals surface area contributed by atoms with Gasteiger partial charge in [-0.05, 0) is 55.2 Å². The molecule has 2 bridgehead atoms. The predicted octanol–water partition coefficient (Wildman–Crippen LogP) is 3.48. The maximum absolute atomic E-state index is 12.4. The molecule has 2 nitrogen and oxygen atoms in total. The molecule has 0 radical (unpaired) electrons. The maximum atomic E-state index is 12.4. The molecule has 0 heterocycles. The van der Waals surface area contributed by atoms with Gasteiger partial charge in [0.2, 0.25) is 0 Å². The Morgan fingerprint density at radius 2 is 2.21 bits per heavy atom. The van der Waals surface area contributed by atoms with Gasteiger partial charge in [0.15, 0.2) is 0 Å². The van der Waals surface area contributed by atoms with Crippen LogP contribution in [-0.2, 0) is 0 Å². The monoisotopic (exact) mass is 275 g/mol. The second-order valence-electron chi connectivity index (χ2n) is 6.17. The van der Waals surface area contributed by atoms with E-state index in [0.29, 0.717) is 0 Å². The number of hydrogen-bond donors (Lipinski definition) is 1. The van der Waals surface area contributed by atoms with Crippen LogP contribution in [0.25, 0.3) is 0 Å². The van der Waals surface area contributed by atoms with Gasteiger partial charge in [0.1, 0.15) is 0 Å². The van der Waals surface area contributed by atoms with E-state index in [9.17, 15) is 4.79 Å². The summed E-state index contributed by atoms with van der Waals surface area (Å²) in [5.74, 6) is 2.67. The van der Waals surface area contributed by atoms with Crippen molar-refractivity contribution in [1.82, 2.24) is 4.90 Å². The highest BCUT2D eigenvalue weighted by Crippen LogP contribution is 2.48. The van der Waals surface area contributed by atoms with Crippen molar-refractivity contribution >= 4 is 18.5 Å². The van der Waals surface area contributed by atoms with Crippen LogP contribution in [0.2, 0.25) is 0 Å². The van der Waals surface area contributed by atoms with Crippen molar-refractivity contribution in [3.63, 3.8) is 0 Å². The molecule has 102 valence electrons. The Morgan fingerprint density at radius 1 is 1.37 bits per heavy atom. The van der Waals surface area contributed by atoms with Gasteiger partial charge in [0.05, 0.1) is 0 Å². The molecule has 1 aromatic carbocycles. The van der Waals surface area contributed by atoms with E-state index in [1.807, 2.05) is 36.2 Å². The van der Waals surface area contributed by atoms with Gasteiger partial charge in [-0.25, -0.2) is 0 Å². The van der Waals surface area contributed by atoms with Gasteiger partial charge in [-0.2, -0.15) is 0 Å². The van der Waals surface area contributed by atoms with Gasteiger partial charge < -0.3 is 4.90 Å². The molecule has 1 amide bonds. The Kier molecular flexibility index (Phi) is 3.57. The summed E-state index contributed by atoms with van der Waals surface area (Å²) in [6.45, 7) is 0.913. The molecule has 0 spiro atoms. The van der Waals surface area contributed by atoms with Crippen molar-refractivity contribution in [3.05, 3.63) is 29.8 Å². The van der Waals surface area contributed by atoms with Crippen molar-refractivity contribution in [2.45, 2.75) is 30.6 Å². The maximum Gasteiger partial charge on any atom is 0.253 e. The molecule has 1 aromatic rings. The molecular weight excluding hydrogens is 254 g/mol. The Hall–Kier alpha value is -0.960. The van der Waals surface area contributed by atoms with E-state index in [2.05, 4.69) is 12.6 Å². The zero-order chi connectivity index (χ0) is 13.4. The van der Waals surface area contributed by atoms with Crippen LogP contribution < -0.4 is 0 Å². The normalized spacial score (nSPS) is 28.6. The summed E-state index contributed by atoms with van der Waals surface area (Å²) in [5, 5.41) is 0. The summed E-state index contributed by atoms with van der Waals surface area (Å²) in [6, 6.07) is 7.51. The number of benzene rings is 1. The summed E-state index contributed by atoms with van der Waals surface area (Å²) in [4.78, 5) is 15.1. The van der Waals surface area contributed by atoms with Gasteiger partial charge in [-0.3, -0.25) is 4.79 Å². The molecule has 2 aliphatic carbocycles. The van der Waals surface area contributed by atoms with E-state index in [1.54, 1.807) is 0 Å². The molecule has 3 unspecified atom stereocenters. The predicted molar refractivity (Wildman–Crippen MR) is 79.6 cm³/mol. The number of carbonyl (C=O) groups is 1. The van der Waals surface area contributed by atoms with Crippen LogP contribution >= 0.6 is 12.6 Å². The van der Waals surface area contributed by atoms with E-state index in [4.69, 9.17) is 0 Å². The van der Waals surface area contributed by atoms with Gasteiger partial charge >= 0.3 is 0 Å². The molecule has 3 rings (SSSR count). The highest BCUT2D eigenvalue weighted by Gasteiger charge is 2.40. The topological polar surface area (TPSA) is 20.3 Å². The highest BCUT2D eigenvalue weighted by molar-refractivity contribution is 7.80. The van der Waals surface area contributed by atoms with Crippen molar-refractivity contribution in [2.24, 2.45) is 17.8 Å². The molecule has 2 saturated carbocycles. The first-order valence-corrected chi connectivity index (χ1v) is 7.62. The lowest BCUT2D eigenvalue weighted by Gasteiger charge is -2.27. The smallest absolute Gasteiger partial charge is 0.253 e. The Labute approximate surface area is 120 Å². The number of amides is 1. The first-order chi connectivity index (χ1) is 9.13. The molecule has 3 heteroatoms. The SMILES string of the molecule is CN(CC1CC2CCC1C2)C(=O)c1cccc(S)c1. The summed E-state index contributed by atoms with van der Waals surface area (Å²) in [7, 11) is 1.93. The molecule has 19 heavy (non-hydrogen) atoms. The third-order valence-electron chi connectivity index (χ3n) is 4.83. The van der Waals surface area contributed by atoms with E-state index >= 15 is 0 Å². The van der Waals surface area contributed by atoms with Crippen LogP contribution in [0.15, 0.2) is 29.2 Å². The van der Waals surface area contributed by atoms with Crippen molar-refractivity contribution in [3.8, 4) is 0 Å². The van der Waals surface area contributed by atoms with Crippen LogP contribution in [0.3, 0.4) is 0 Å². The highest BCUT2D eigenvalue weighted by atomic mass is 32.1. The van der Waals surface area contributed by atoms with Crippen LogP contribution in [-0.4, -0.2) is 24.4 Å². The Bertz CT molecular complexity index is 487. The second-order valence-corrected chi connectivity index (χ2v) is 6.69. The summed E-state index contributed by atoms with van der Waals surface area (Å²) in [5.41, 5.74) is 0.748. The number of rotatable bonds is 3. The second kappa shape index (κ2) is 5.20. The molecule has 0 N–H and O–H groups in total. The Balaban J connectivity index is 1.64. The van der Waals surface area contributed by atoms with E-state index in [1.165, 1.54) is 25.7 Å². The third-order valence-corrected chi connectivity index (χ3v) is 5.11. The lowest BCUT2D eigenvalue weighted by atomic mass is 9.88. The van der Waals surface area contributed by atoms with Gasteiger partial charge in [-0.1, -0.05) is 12.5 Å². The average molecular weight is 275 g/mol. The summed E-state index contributed by atoms with van der Waals surface area (Å²) in [6.07, 6.45) is 5.53. The van der Waals surface area contributed by atoms with Crippen molar-refractivity contribution in [2.75, 3.05) is 13.6 Å².